The van der Waals surface area contributed by atoms with E-state index in [1.54, 1.807) is 5.57 Å². The van der Waals surface area contributed by atoms with Crippen molar-refractivity contribution >= 4 is 0 Å². The lowest BCUT2D eigenvalue weighted by atomic mass is 10.1. The molecule has 1 unspecified atom stereocenters. The zero-order valence-electron chi connectivity index (χ0n) is 5.23. The van der Waals surface area contributed by atoms with Gasteiger partial charge in [-0.1, -0.05) is 25.5 Å². The fraction of sp³-hybridized carbons (Fsp3) is 0.714. The first-order valence-electron chi connectivity index (χ1n) is 2.90. The molecule has 0 fully saturated rings. The molecule has 0 aromatic heterocycles. The molecule has 0 N–H and O–H groups in total. The van der Waals surface area contributed by atoms with Gasteiger partial charge in [0.25, 0.3) is 0 Å². The van der Waals surface area contributed by atoms with Gasteiger partial charge in [-0.15, -0.1) is 0 Å². The SMILES string of the molecule is CC1=CC1C(C)C. The molecule has 7 heavy (non-hydrogen) atoms. The molecule has 0 saturated carbocycles. The molecule has 0 heteroatoms. The Morgan fingerprint density at radius 1 is 1.57 bits per heavy atom. The maximum Gasteiger partial charge on any atom is -0.000000285 e. The van der Waals surface area contributed by atoms with Crippen LogP contribution in [0.5, 0.6) is 0 Å². The van der Waals surface area contributed by atoms with Crippen LogP contribution in [0.2, 0.25) is 0 Å². The fourth-order valence-electron chi connectivity index (χ4n) is 0.953. The number of allylic oxidation sites excluding steroid dienone is 2. The van der Waals surface area contributed by atoms with Crippen LogP contribution in [0.15, 0.2) is 11.6 Å². The Hall–Kier alpha value is -0.260. The summed E-state index contributed by atoms with van der Waals surface area (Å²) in [6, 6.07) is 0. The second-order valence-electron chi connectivity index (χ2n) is 2.68. The maximum absolute atomic E-state index is 2.32. The van der Waals surface area contributed by atoms with E-state index in [2.05, 4.69) is 26.8 Å². The summed E-state index contributed by atoms with van der Waals surface area (Å²) in [6.07, 6.45) is 2.32. The van der Waals surface area contributed by atoms with Crippen molar-refractivity contribution in [3.8, 4) is 0 Å². The van der Waals surface area contributed by atoms with Crippen LogP contribution in [-0.4, -0.2) is 0 Å². The highest BCUT2D eigenvalue weighted by Gasteiger charge is 2.22. The summed E-state index contributed by atoms with van der Waals surface area (Å²) >= 11 is 0. The monoisotopic (exact) mass is 96.1 g/mol. The van der Waals surface area contributed by atoms with E-state index in [-0.39, 0.29) is 0 Å². The molecule has 0 aromatic rings. The molecule has 0 saturated heterocycles. The van der Waals surface area contributed by atoms with Crippen LogP contribution >= 0.6 is 0 Å². The van der Waals surface area contributed by atoms with Gasteiger partial charge in [0, 0.05) is 0 Å². The van der Waals surface area contributed by atoms with Crippen molar-refractivity contribution in [1.82, 2.24) is 0 Å². The van der Waals surface area contributed by atoms with Gasteiger partial charge in [-0.05, 0) is 18.8 Å². The molecule has 1 rings (SSSR count). The third-order valence-electron chi connectivity index (χ3n) is 1.58. The quantitative estimate of drug-likeness (QED) is 0.439. The molecule has 1 atom stereocenters. The summed E-state index contributed by atoms with van der Waals surface area (Å²) in [5, 5.41) is 0. The molecule has 0 heterocycles. The molecule has 0 amide bonds. The van der Waals surface area contributed by atoms with Crippen LogP contribution in [0.1, 0.15) is 20.8 Å². The zero-order chi connectivity index (χ0) is 5.44. The summed E-state index contributed by atoms with van der Waals surface area (Å²) in [7, 11) is 0. The van der Waals surface area contributed by atoms with Crippen molar-refractivity contribution in [2.24, 2.45) is 11.8 Å². The van der Waals surface area contributed by atoms with Crippen LogP contribution in [0.25, 0.3) is 0 Å². The third-order valence-corrected chi connectivity index (χ3v) is 1.58. The molecule has 0 aliphatic heterocycles. The fourth-order valence-corrected chi connectivity index (χ4v) is 0.953. The summed E-state index contributed by atoms with van der Waals surface area (Å²) in [5.74, 6) is 1.71. The minimum Gasteiger partial charge on any atom is -0.0776 e. The van der Waals surface area contributed by atoms with E-state index in [0.717, 1.165) is 11.8 Å². The number of hydrogen-bond acceptors (Lipinski definition) is 0. The second-order valence-corrected chi connectivity index (χ2v) is 2.68. The molecule has 1 aliphatic rings. The number of hydrogen-bond donors (Lipinski definition) is 0. The normalized spacial score (nSPS) is 28.0. The Morgan fingerprint density at radius 3 is 2.00 bits per heavy atom. The smallest absolute Gasteiger partial charge is 0.000000285 e. The molecule has 0 bridgehead atoms. The molecular formula is C7H12. The van der Waals surface area contributed by atoms with Crippen molar-refractivity contribution in [3.63, 3.8) is 0 Å². The molecule has 1 aliphatic carbocycles. The molecular weight excluding hydrogens is 84.1 g/mol. The highest BCUT2D eigenvalue weighted by Crippen LogP contribution is 2.34. The molecule has 0 radical (unpaired) electrons. The predicted octanol–water partition coefficient (Wildman–Crippen LogP) is 2.22. The topological polar surface area (TPSA) is 0 Å². The van der Waals surface area contributed by atoms with Crippen molar-refractivity contribution in [3.05, 3.63) is 11.6 Å². The first kappa shape index (κ1) is 4.89. The van der Waals surface area contributed by atoms with E-state index in [4.69, 9.17) is 0 Å². The molecule has 0 spiro atoms. The minimum absolute atomic E-state index is 0.847. The molecule has 0 aromatic carbocycles. The van der Waals surface area contributed by atoms with Gasteiger partial charge >= 0.3 is 0 Å². The predicted molar refractivity (Wildman–Crippen MR) is 32.1 cm³/mol. The van der Waals surface area contributed by atoms with Gasteiger partial charge in [-0.3, -0.25) is 0 Å². The van der Waals surface area contributed by atoms with Crippen LogP contribution in [0, 0.1) is 11.8 Å². The second kappa shape index (κ2) is 1.36. The summed E-state index contributed by atoms with van der Waals surface area (Å²) in [5.41, 5.74) is 1.58. The molecule has 0 nitrogen and oxygen atoms in total. The van der Waals surface area contributed by atoms with Gasteiger partial charge in [0.15, 0.2) is 0 Å². The number of rotatable bonds is 1. The van der Waals surface area contributed by atoms with Gasteiger partial charge in [-0.2, -0.15) is 0 Å². The lowest BCUT2D eigenvalue weighted by molar-refractivity contribution is 0.588. The summed E-state index contributed by atoms with van der Waals surface area (Å²) in [4.78, 5) is 0. The largest absolute Gasteiger partial charge is 0.0776 e. The molecule has 40 valence electrons. The lowest BCUT2D eigenvalue weighted by Crippen LogP contribution is -1.90. The van der Waals surface area contributed by atoms with E-state index >= 15 is 0 Å². The van der Waals surface area contributed by atoms with Gasteiger partial charge in [0.1, 0.15) is 0 Å². The first-order chi connectivity index (χ1) is 3.22. The Balaban J connectivity index is 2.25. The van der Waals surface area contributed by atoms with Gasteiger partial charge in [0.05, 0.1) is 0 Å². The average Bonchev–Trinajstić information content (AvgIpc) is 2.17. The zero-order valence-corrected chi connectivity index (χ0v) is 5.23. The highest BCUT2D eigenvalue weighted by molar-refractivity contribution is 5.27. The summed E-state index contributed by atoms with van der Waals surface area (Å²) < 4.78 is 0. The highest BCUT2D eigenvalue weighted by atomic mass is 14.3. The van der Waals surface area contributed by atoms with Gasteiger partial charge < -0.3 is 0 Å². The minimum atomic E-state index is 0.847. The van der Waals surface area contributed by atoms with Crippen LogP contribution in [0.3, 0.4) is 0 Å². The van der Waals surface area contributed by atoms with E-state index in [1.807, 2.05) is 0 Å². The summed E-state index contributed by atoms with van der Waals surface area (Å²) in [6.45, 7) is 6.72. The first-order valence-corrected chi connectivity index (χ1v) is 2.90. The van der Waals surface area contributed by atoms with Crippen molar-refractivity contribution < 1.29 is 0 Å². The van der Waals surface area contributed by atoms with E-state index < -0.39 is 0 Å². The Bertz CT molecular complexity index is 98.6. The van der Waals surface area contributed by atoms with Crippen molar-refractivity contribution in [2.75, 3.05) is 0 Å². The Morgan fingerprint density at radius 2 is 2.00 bits per heavy atom. The van der Waals surface area contributed by atoms with Crippen LogP contribution in [0.4, 0.5) is 0 Å². The average molecular weight is 96.2 g/mol. The maximum atomic E-state index is 2.32. The standard InChI is InChI=1S/C7H12/c1-5(2)7-4-6(7)3/h4-5,7H,1-3H3. The van der Waals surface area contributed by atoms with Crippen LogP contribution in [-0.2, 0) is 0 Å². The van der Waals surface area contributed by atoms with E-state index in [9.17, 15) is 0 Å². The Labute approximate surface area is 45.2 Å². The third kappa shape index (κ3) is 0.846. The Kier molecular flexibility index (Phi) is 0.949. The van der Waals surface area contributed by atoms with Crippen molar-refractivity contribution in [2.45, 2.75) is 20.8 Å². The van der Waals surface area contributed by atoms with Gasteiger partial charge in [-0.25, -0.2) is 0 Å². The lowest BCUT2D eigenvalue weighted by Gasteiger charge is -1.98. The van der Waals surface area contributed by atoms with Gasteiger partial charge in [0.2, 0.25) is 0 Å². The van der Waals surface area contributed by atoms with E-state index in [1.165, 1.54) is 0 Å². The van der Waals surface area contributed by atoms with Crippen LogP contribution < -0.4 is 0 Å². The van der Waals surface area contributed by atoms with E-state index in [0.29, 0.717) is 0 Å². The van der Waals surface area contributed by atoms with Crippen molar-refractivity contribution in [1.29, 1.82) is 0 Å².